The molecule has 0 aliphatic heterocycles. The van der Waals surface area contributed by atoms with Crippen LogP contribution < -0.4 is 5.32 Å². The fourth-order valence-electron chi connectivity index (χ4n) is 3.31. The topological polar surface area (TPSA) is 29.1 Å². The van der Waals surface area contributed by atoms with Gasteiger partial charge >= 0.3 is 0 Å². The maximum Gasteiger partial charge on any atom is 0.252 e. The van der Waals surface area contributed by atoms with Crippen molar-refractivity contribution in [3.05, 3.63) is 106 Å². The summed E-state index contributed by atoms with van der Waals surface area (Å²) in [5, 5.41) is 3.26. The number of nitrogens with one attached hydrogen (secondary N) is 1. The van der Waals surface area contributed by atoms with Gasteiger partial charge in [0.05, 0.1) is 6.04 Å². The summed E-state index contributed by atoms with van der Waals surface area (Å²) in [5.74, 6) is -0.0392. The van der Waals surface area contributed by atoms with Gasteiger partial charge in [0.2, 0.25) is 0 Å². The number of hydrogen-bond acceptors (Lipinski definition) is 1. The fourth-order valence-corrected chi connectivity index (χ4v) is 3.31. The lowest BCUT2D eigenvalue weighted by Crippen LogP contribution is -2.30. The van der Waals surface area contributed by atoms with Crippen LogP contribution in [0.2, 0.25) is 0 Å². The van der Waals surface area contributed by atoms with Gasteiger partial charge in [-0.25, -0.2) is 0 Å². The van der Waals surface area contributed by atoms with Crippen molar-refractivity contribution >= 4 is 5.91 Å². The van der Waals surface area contributed by atoms with Crippen molar-refractivity contribution in [1.29, 1.82) is 0 Å². The Bertz CT molecular complexity index is 928. The minimum Gasteiger partial charge on any atom is -0.341 e. The first-order valence-electron chi connectivity index (χ1n) is 8.96. The third-order valence-electron chi connectivity index (χ3n) is 4.99. The lowest BCUT2D eigenvalue weighted by Gasteiger charge is -2.22. The number of carbonyl (C=O) groups excluding carboxylic acids is 1. The van der Waals surface area contributed by atoms with Crippen molar-refractivity contribution in [3.63, 3.8) is 0 Å². The second-order valence-electron chi connectivity index (χ2n) is 6.93. The van der Waals surface area contributed by atoms with Crippen molar-refractivity contribution < 1.29 is 4.79 Å². The molecule has 3 aromatic rings. The highest BCUT2D eigenvalue weighted by Gasteiger charge is 2.20. The van der Waals surface area contributed by atoms with Crippen LogP contribution in [0.25, 0.3) is 0 Å². The van der Waals surface area contributed by atoms with Crippen molar-refractivity contribution in [2.75, 3.05) is 0 Å². The van der Waals surface area contributed by atoms with E-state index in [1.807, 2.05) is 50.2 Å². The maximum atomic E-state index is 13.1. The Morgan fingerprint density at radius 2 is 1.35 bits per heavy atom. The second kappa shape index (κ2) is 7.57. The van der Waals surface area contributed by atoms with Gasteiger partial charge in [0, 0.05) is 5.56 Å². The standard InChI is InChI=1S/C24H25NO/c1-16-10-8-9-13-21(16)23(20-11-6-5-7-12-20)25-24(26)22-15-18(3)17(2)14-19(22)4/h5-15,23H,1-4H3,(H,25,26). The lowest BCUT2D eigenvalue weighted by molar-refractivity contribution is 0.0942. The smallest absolute Gasteiger partial charge is 0.252 e. The highest BCUT2D eigenvalue weighted by molar-refractivity contribution is 5.96. The molecule has 26 heavy (non-hydrogen) atoms. The minimum atomic E-state index is -0.175. The number of amides is 1. The van der Waals surface area contributed by atoms with Crippen molar-refractivity contribution in [3.8, 4) is 0 Å². The lowest BCUT2D eigenvalue weighted by atomic mass is 9.94. The molecule has 0 saturated heterocycles. The van der Waals surface area contributed by atoms with E-state index in [0.717, 1.165) is 27.8 Å². The summed E-state index contributed by atoms with van der Waals surface area (Å²) in [7, 11) is 0. The summed E-state index contributed by atoms with van der Waals surface area (Å²) >= 11 is 0. The summed E-state index contributed by atoms with van der Waals surface area (Å²) in [6, 6.07) is 22.2. The van der Waals surface area contributed by atoms with Gasteiger partial charge in [0.1, 0.15) is 0 Å². The number of benzene rings is 3. The molecule has 0 saturated carbocycles. The molecule has 1 atom stereocenters. The summed E-state index contributed by atoms with van der Waals surface area (Å²) in [5.41, 5.74) is 7.44. The molecule has 3 aromatic carbocycles. The molecule has 2 heteroatoms. The Morgan fingerprint density at radius 3 is 2.04 bits per heavy atom. The normalized spacial score (nSPS) is 11.8. The molecule has 1 N–H and O–H groups in total. The molecule has 1 amide bonds. The van der Waals surface area contributed by atoms with Crippen molar-refractivity contribution in [2.45, 2.75) is 33.7 Å². The Labute approximate surface area is 155 Å². The first-order valence-corrected chi connectivity index (χ1v) is 8.96. The Kier molecular flexibility index (Phi) is 5.22. The summed E-state index contributed by atoms with van der Waals surface area (Å²) in [6.45, 7) is 8.19. The molecule has 0 aliphatic rings. The first kappa shape index (κ1) is 17.9. The number of rotatable bonds is 4. The number of carbonyl (C=O) groups is 1. The SMILES string of the molecule is Cc1cc(C)c(C(=O)NC(c2ccccc2)c2ccccc2C)cc1C. The van der Waals surface area contributed by atoms with Crippen LogP contribution in [0, 0.1) is 27.7 Å². The van der Waals surface area contributed by atoms with Gasteiger partial charge in [0.25, 0.3) is 5.91 Å². The average Bonchev–Trinajstić information content (AvgIpc) is 2.64. The summed E-state index contributed by atoms with van der Waals surface area (Å²) in [4.78, 5) is 13.1. The van der Waals surface area contributed by atoms with Gasteiger partial charge in [-0.1, -0.05) is 60.7 Å². The molecular formula is C24H25NO. The van der Waals surface area contributed by atoms with Gasteiger partial charge in [-0.3, -0.25) is 4.79 Å². The van der Waals surface area contributed by atoms with E-state index in [0.29, 0.717) is 0 Å². The van der Waals surface area contributed by atoms with Crippen molar-refractivity contribution in [1.82, 2.24) is 5.32 Å². The monoisotopic (exact) mass is 343 g/mol. The quantitative estimate of drug-likeness (QED) is 0.671. The van der Waals surface area contributed by atoms with E-state index >= 15 is 0 Å². The third-order valence-corrected chi connectivity index (χ3v) is 4.99. The number of aryl methyl sites for hydroxylation is 4. The third kappa shape index (κ3) is 3.70. The van der Waals surface area contributed by atoms with Crippen LogP contribution in [0.1, 0.15) is 49.8 Å². The van der Waals surface area contributed by atoms with E-state index in [1.165, 1.54) is 11.1 Å². The zero-order chi connectivity index (χ0) is 18.7. The largest absolute Gasteiger partial charge is 0.341 e. The molecule has 0 heterocycles. The van der Waals surface area contributed by atoms with Gasteiger partial charge < -0.3 is 5.32 Å². The molecule has 3 rings (SSSR count). The van der Waals surface area contributed by atoms with Crippen LogP contribution in [0.4, 0.5) is 0 Å². The highest BCUT2D eigenvalue weighted by atomic mass is 16.1. The van der Waals surface area contributed by atoms with E-state index in [9.17, 15) is 4.79 Å². The van der Waals surface area contributed by atoms with E-state index in [4.69, 9.17) is 0 Å². The minimum absolute atomic E-state index is 0.0392. The second-order valence-corrected chi connectivity index (χ2v) is 6.93. The molecular weight excluding hydrogens is 318 g/mol. The molecule has 0 spiro atoms. The predicted molar refractivity (Wildman–Crippen MR) is 108 cm³/mol. The predicted octanol–water partition coefficient (Wildman–Crippen LogP) is 5.44. The average molecular weight is 343 g/mol. The van der Waals surface area contributed by atoms with E-state index < -0.39 is 0 Å². The first-order chi connectivity index (χ1) is 12.5. The molecule has 0 bridgehead atoms. The zero-order valence-electron chi connectivity index (χ0n) is 15.8. The number of hydrogen-bond donors (Lipinski definition) is 1. The summed E-state index contributed by atoms with van der Waals surface area (Å²) < 4.78 is 0. The van der Waals surface area contributed by atoms with Gasteiger partial charge in [-0.05, 0) is 67.1 Å². The molecule has 0 fully saturated rings. The molecule has 0 aliphatic carbocycles. The van der Waals surface area contributed by atoms with Crippen LogP contribution in [0.15, 0.2) is 66.7 Å². The zero-order valence-corrected chi connectivity index (χ0v) is 15.8. The Hall–Kier alpha value is -2.87. The van der Waals surface area contributed by atoms with E-state index in [1.54, 1.807) is 0 Å². The Balaban J connectivity index is 2.00. The fraction of sp³-hybridized carbons (Fsp3) is 0.208. The van der Waals surface area contributed by atoms with Crippen LogP contribution in [-0.4, -0.2) is 5.91 Å². The highest BCUT2D eigenvalue weighted by Crippen LogP contribution is 2.26. The van der Waals surface area contributed by atoms with Crippen LogP contribution in [0.5, 0.6) is 0 Å². The molecule has 0 aromatic heterocycles. The molecule has 2 nitrogen and oxygen atoms in total. The maximum absolute atomic E-state index is 13.1. The molecule has 1 unspecified atom stereocenters. The molecule has 132 valence electrons. The van der Waals surface area contributed by atoms with E-state index in [-0.39, 0.29) is 11.9 Å². The van der Waals surface area contributed by atoms with E-state index in [2.05, 4.69) is 49.5 Å². The van der Waals surface area contributed by atoms with Gasteiger partial charge in [0.15, 0.2) is 0 Å². The van der Waals surface area contributed by atoms with Crippen LogP contribution in [0.3, 0.4) is 0 Å². The summed E-state index contributed by atoms with van der Waals surface area (Å²) in [6.07, 6.45) is 0. The molecule has 0 radical (unpaired) electrons. The van der Waals surface area contributed by atoms with Crippen LogP contribution in [-0.2, 0) is 0 Å². The van der Waals surface area contributed by atoms with Gasteiger partial charge in [-0.2, -0.15) is 0 Å². The van der Waals surface area contributed by atoms with Gasteiger partial charge in [-0.15, -0.1) is 0 Å². The Morgan fingerprint density at radius 1 is 0.731 bits per heavy atom. The van der Waals surface area contributed by atoms with Crippen LogP contribution >= 0.6 is 0 Å². The van der Waals surface area contributed by atoms with Crippen molar-refractivity contribution in [2.24, 2.45) is 0 Å².